The molecule has 2 aromatic rings. The molecule has 0 heterocycles. The average molecular weight is 534 g/mol. The van der Waals surface area contributed by atoms with Crippen LogP contribution in [0.2, 0.25) is 0 Å². The van der Waals surface area contributed by atoms with E-state index in [1.165, 1.54) is 17.0 Å². The minimum Gasteiger partial charge on any atom is -0.354 e. The summed E-state index contributed by atoms with van der Waals surface area (Å²) in [7, 11) is -3.81. The number of hydrogen-bond acceptors (Lipinski definition) is 4. The maximum Gasteiger partial charge on any atom is 0.244 e. The molecule has 7 nitrogen and oxygen atoms in total. The number of benzene rings is 2. The van der Waals surface area contributed by atoms with Crippen LogP contribution in [0.5, 0.6) is 0 Å². The van der Waals surface area contributed by atoms with E-state index >= 15 is 0 Å². The molecule has 0 aliphatic rings. The molecule has 9 heteroatoms. The Balaban J connectivity index is 2.40. The van der Waals surface area contributed by atoms with Gasteiger partial charge < -0.3 is 10.2 Å². The van der Waals surface area contributed by atoms with Crippen molar-refractivity contribution in [3.05, 3.63) is 65.5 Å². The van der Waals surface area contributed by atoms with Gasteiger partial charge in [0.2, 0.25) is 21.8 Å². The standard InChI is InChI=1S/C28H40FN3O4S/c1-7-9-18-30-27(34)25(8-2)31(19-21-10-14-23(29)15-11-21)26(33)20-32(37(6,35)36)24-16-12-22(13-17-24)28(3,4)5/h10-17,25H,7-9,18-20H2,1-6H3,(H,30,34). The topological polar surface area (TPSA) is 86.8 Å². The number of hydrogen-bond donors (Lipinski definition) is 1. The number of nitrogens with one attached hydrogen (secondary N) is 1. The molecule has 0 bridgehead atoms. The number of rotatable bonds is 12. The predicted octanol–water partition coefficient (Wildman–Crippen LogP) is 4.61. The molecule has 1 unspecified atom stereocenters. The second-order valence-corrected chi connectivity index (χ2v) is 12.2. The third kappa shape index (κ3) is 8.84. The molecule has 2 aromatic carbocycles. The van der Waals surface area contributed by atoms with Crippen LogP contribution >= 0.6 is 0 Å². The molecule has 2 rings (SSSR count). The summed E-state index contributed by atoms with van der Waals surface area (Å²) in [5, 5.41) is 2.88. The first kappa shape index (κ1) is 30.3. The highest BCUT2D eigenvalue weighted by atomic mass is 32.2. The molecule has 1 N–H and O–H groups in total. The fourth-order valence-corrected chi connectivity index (χ4v) is 4.80. The number of carbonyl (C=O) groups excluding carboxylic acids is 2. The number of amides is 2. The van der Waals surface area contributed by atoms with Gasteiger partial charge in [0.15, 0.2) is 0 Å². The molecule has 0 fully saturated rings. The molecule has 0 radical (unpaired) electrons. The number of halogens is 1. The van der Waals surface area contributed by atoms with Crippen molar-refractivity contribution in [2.24, 2.45) is 0 Å². The van der Waals surface area contributed by atoms with Crippen LogP contribution in [0.3, 0.4) is 0 Å². The van der Waals surface area contributed by atoms with E-state index in [0.717, 1.165) is 29.0 Å². The van der Waals surface area contributed by atoms with Gasteiger partial charge in [0, 0.05) is 13.1 Å². The Bertz CT molecular complexity index is 1140. The summed E-state index contributed by atoms with van der Waals surface area (Å²) in [4.78, 5) is 28.1. The fraction of sp³-hybridized carbons (Fsp3) is 0.500. The normalized spacial score (nSPS) is 12.6. The van der Waals surface area contributed by atoms with Crippen molar-refractivity contribution in [2.45, 2.75) is 71.9 Å². The third-order valence-corrected chi connectivity index (χ3v) is 7.32. The number of anilines is 1. The van der Waals surface area contributed by atoms with Crippen LogP contribution in [-0.2, 0) is 31.6 Å². The van der Waals surface area contributed by atoms with Gasteiger partial charge >= 0.3 is 0 Å². The summed E-state index contributed by atoms with van der Waals surface area (Å²) in [6.45, 7) is 10.1. The Morgan fingerprint density at radius 2 is 1.59 bits per heavy atom. The molecule has 2 amide bonds. The van der Waals surface area contributed by atoms with E-state index in [4.69, 9.17) is 0 Å². The first-order valence-corrected chi connectivity index (χ1v) is 14.5. The lowest BCUT2D eigenvalue weighted by Crippen LogP contribution is -2.52. The van der Waals surface area contributed by atoms with Crippen molar-refractivity contribution in [2.75, 3.05) is 23.7 Å². The third-order valence-electron chi connectivity index (χ3n) is 6.18. The van der Waals surface area contributed by atoms with Crippen molar-refractivity contribution in [1.29, 1.82) is 0 Å². The summed E-state index contributed by atoms with van der Waals surface area (Å²) >= 11 is 0. The van der Waals surface area contributed by atoms with Gasteiger partial charge in [-0.25, -0.2) is 12.8 Å². The lowest BCUT2D eigenvalue weighted by Gasteiger charge is -2.33. The van der Waals surface area contributed by atoms with Gasteiger partial charge in [0.25, 0.3) is 0 Å². The van der Waals surface area contributed by atoms with Crippen LogP contribution in [0.4, 0.5) is 10.1 Å². The van der Waals surface area contributed by atoms with Crippen molar-refractivity contribution < 1.29 is 22.4 Å². The summed E-state index contributed by atoms with van der Waals surface area (Å²) in [6, 6.07) is 12.0. The van der Waals surface area contributed by atoms with Crippen LogP contribution < -0.4 is 9.62 Å². The predicted molar refractivity (Wildman–Crippen MR) is 146 cm³/mol. The van der Waals surface area contributed by atoms with E-state index < -0.39 is 34.3 Å². The van der Waals surface area contributed by atoms with Crippen LogP contribution in [0.1, 0.15) is 65.0 Å². The van der Waals surface area contributed by atoms with E-state index in [2.05, 4.69) is 26.1 Å². The molecule has 37 heavy (non-hydrogen) atoms. The Labute approximate surface area is 221 Å². The lowest BCUT2D eigenvalue weighted by atomic mass is 9.87. The first-order valence-electron chi connectivity index (χ1n) is 12.7. The Kier molecular flexibility index (Phi) is 10.7. The molecule has 0 spiro atoms. The van der Waals surface area contributed by atoms with Crippen molar-refractivity contribution in [3.8, 4) is 0 Å². The molecular weight excluding hydrogens is 493 g/mol. The van der Waals surface area contributed by atoms with Crippen LogP contribution in [0.25, 0.3) is 0 Å². The van der Waals surface area contributed by atoms with Gasteiger partial charge in [-0.1, -0.05) is 65.3 Å². The SMILES string of the molecule is CCCCNC(=O)C(CC)N(Cc1ccc(F)cc1)C(=O)CN(c1ccc(C(C)(C)C)cc1)S(C)(=O)=O. The van der Waals surface area contributed by atoms with Crippen molar-refractivity contribution >= 4 is 27.5 Å². The quantitative estimate of drug-likeness (QED) is 0.404. The Morgan fingerprint density at radius 1 is 1.00 bits per heavy atom. The van der Waals surface area contributed by atoms with E-state index in [1.807, 2.05) is 19.1 Å². The molecular formula is C28H40FN3O4S. The zero-order valence-corrected chi connectivity index (χ0v) is 23.6. The highest BCUT2D eigenvalue weighted by Crippen LogP contribution is 2.26. The molecule has 0 aromatic heterocycles. The molecule has 0 aliphatic heterocycles. The van der Waals surface area contributed by atoms with Crippen LogP contribution in [-0.4, -0.2) is 50.5 Å². The van der Waals surface area contributed by atoms with Gasteiger partial charge in [0.05, 0.1) is 11.9 Å². The minimum atomic E-state index is -3.81. The smallest absolute Gasteiger partial charge is 0.244 e. The number of unbranched alkanes of at least 4 members (excludes halogenated alkanes) is 1. The lowest BCUT2D eigenvalue weighted by molar-refractivity contribution is -0.140. The minimum absolute atomic E-state index is 0.0411. The van der Waals surface area contributed by atoms with Crippen molar-refractivity contribution in [3.63, 3.8) is 0 Å². The summed E-state index contributed by atoms with van der Waals surface area (Å²) in [6.07, 6.45) is 3.11. The largest absolute Gasteiger partial charge is 0.354 e. The number of carbonyl (C=O) groups is 2. The maximum atomic E-state index is 13.7. The second kappa shape index (κ2) is 13.0. The number of sulfonamides is 1. The van der Waals surface area contributed by atoms with E-state index in [0.29, 0.717) is 24.2 Å². The second-order valence-electron chi connectivity index (χ2n) is 10.3. The Morgan fingerprint density at radius 3 is 2.08 bits per heavy atom. The highest BCUT2D eigenvalue weighted by Gasteiger charge is 2.31. The molecule has 204 valence electrons. The Hall–Kier alpha value is -2.94. The summed E-state index contributed by atoms with van der Waals surface area (Å²) < 4.78 is 40.0. The van der Waals surface area contributed by atoms with Crippen molar-refractivity contribution in [1.82, 2.24) is 10.2 Å². The molecule has 1 atom stereocenters. The van der Waals surface area contributed by atoms with E-state index in [-0.39, 0.29) is 17.9 Å². The molecule has 0 saturated carbocycles. The van der Waals surface area contributed by atoms with Crippen LogP contribution in [0, 0.1) is 5.82 Å². The first-order chi connectivity index (χ1) is 17.3. The maximum absolute atomic E-state index is 13.7. The highest BCUT2D eigenvalue weighted by molar-refractivity contribution is 7.92. The van der Waals surface area contributed by atoms with Gasteiger partial charge in [-0.15, -0.1) is 0 Å². The summed E-state index contributed by atoms with van der Waals surface area (Å²) in [5.41, 5.74) is 1.92. The fourth-order valence-electron chi connectivity index (χ4n) is 3.95. The number of nitrogens with zero attached hydrogens (tertiary/aromatic N) is 2. The monoisotopic (exact) mass is 533 g/mol. The molecule has 0 aliphatic carbocycles. The zero-order chi connectivity index (χ0) is 27.8. The van der Waals surface area contributed by atoms with Gasteiger partial charge in [0.1, 0.15) is 18.4 Å². The van der Waals surface area contributed by atoms with Gasteiger partial charge in [-0.2, -0.15) is 0 Å². The van der Waals surface area contributed by atoms with Crippen LogP contribution in [0.15, 0.2) is 48.5 Å². The van der Waals surface area contributed by atoms with E-state index in [1.54, 1.807) is 31.2 Å². The van der Waals surface area contributed by atoms with Gasteiger partial charge in [-0.05, 0) is 53.6 Å². The van der Waals surface area contributed by atoms with E-state index in [9.17, 15) is 22.4 Å². The zero-order valence-electron chi connectivity index (χ0n) is 22.8. The molecule has 0 saturated heterocycles. The average Bonchev–Trinajstić information content (AvgIpc) is 2.82. The van der Waals surface area contributed by atoms with Gasteiger partial charge in [-0.3, -0.25) is 13.9 Å². The summed E-state index contributed by atoms with van der Waals surface area (Å²) in [5.74, 6) is -1.23.